The van der Waals surface area contributed by atoms with Gasteiger partial charge >= 0.3 is 23.9 Å². The molecule has 2 atom stereocenters. The van der Waals surface area contributed by atoms with E-state index in [9.17, 15) is 24.3 Å². The summed E-state index contributed by atoms with van der Waals surface area (Å²) in [7, 11) is 0. The van der Waals surface area contributed by atoms with Crippen molar-refractivity contribution in [3.8, 4) is 0 Å². The summed E-state index contributed by atoms with van der Waals surface area (Å²) in [5.41, 5.74) is -3.09. The van der Waals surface area contributed by atoms with Gasteiger partial charge in [0.15, 0.2) is 0 Å². The second-order valence-corrected chi connectivity index (χ2v) is 4.66. The third kappa shape index (κ3) is 5.05. The average Bonchev–Trinajstić information content (AvgIpc) is 2.34. The van der Waals surface area contributed by atoms with Crippen molar-refractivity contribution >= 4 is 35.6 Å². The molecule has 0 aromatic heterocycles. The molecule has 0 spiro atoms. The van der Waals surface area contributed by atoms with E-state index in [1.165, 1.54) is 6.26 Å². The van der Waals surface area contributed by atoms with Crippen molar-refractivity contribution in [1.82, 2.24) is 0 Å². The van der Waals surface area contributed by atoms with Crippen LogP contribution in [0.4, 0.5) is 0 Å². The van der Waals surface area contributed by atoms with Crippen molar-refractivity contribution < 1.29 is 44.3 Å². The van der Waals surface area contributed by atoms with Gasteiger partial charge in [-0.3, -0.25) is 4.79 Å². The molecular formula is C10H14O9S. The van der Waals surface area contributed by atoms with E-state index >= 15 is 0 Å². The molecular weight excluding hydrogens is 296 g/mol. The van der Waals surface area contributed by atoms with Crippen molar-refractivity contribution in [3.05, 3.63) is 0 Å². The number of carbonyl (C=O) groups is 4. The van der Waals surface area contributed by atoms with Crippen LogP contribution in [0, 0.1) is 0 Å². The smallest absolute Gasteiger partial charge is 0.350 e. The van der Waals surface area contributed by atoms with Gasteiger partial charge < -0.3 is 25.2 Å². The van der Waals surface area contributed by atoms with Gasteiger partial charge in [0.2, 0.25) is 6.10 Å². The van der Waals surface area contributed by atoms with Crippen LogP contribution >= 0.6 is 11.8 Å². The Bertz CT molecular complexity index is 408. The zero-order chi connectivity index (χ0) is 15.9. The predicted octanol–water partition coefficient (Wildman–Crippen LogP) is -0.974. The van der Waals surface area contributed by atoms with Crippen LogP contribution in [0.15, 0.2) is 0 Å². The number of hydrogen-bond acceptors (Lipinski definition) is 7. The maximum Gasteiger partial charge on any atom is 0.350 e. The van der Waals surface area contributed by atoms with Crippen LogP contribution in [0.1, 0.15) is 12.8 Å². The third-order valence-corrected chi connectivity index (χ3v) is 2.87. The molecule has 9 nitrogen and oxygen atoms in total. The quantitative estimate of drug-likeness (QED) is 0.308. The molecule has 0 saturated heterocycles. The standard InChI is InChI=1S/C10H14O9S/c1-20-4-5(7(13)14)19-9(17)10(18,8(15)16)3-2-6(11)12/h5,18H,2-4H2,1H3,(H,11,12)(H,13,14)(H,15,16). The van der Waals surface area contributed by atoms with E-state index in [-0.39, 0.29) is 5.75 Å². The summed E-state index contributed by atoms with van der Waals surface area (Å²) in [5.74, 6) is -6.77. The Morgan fingerprint density at radius 1 is 1.20 bits per heavy atom. The molecule has 114 valence electrons. The lowest BCUT2D eigenvalue weighted by atomic mass is 9.98. The number of carboxylic acids is 3. The van der Waals surface area contributed by atoms with Gasteiger partial charge in [-0.25, -0.2) is 14.4 Å². The Hall–Kier alpha value is -1.81. The number of carboxylic acid groups (broad SMARTS) is 3. The fourth-order valence-corrected chi connectivity index (χ4v) is 1.63. The lowest BCUT2D eigenvalue weighted by Crippen LogP contribution is -2.50. The Kier molecular flexibility index (Phi) is 7.00. The molecule has 0 heterocycles. The van der Waals surface area contributed by atoms with E-state index in [2.05, 4.69) is 4.74 Å². The van der Waals surface area contributed by atoms with Crippen LogP contribution in [-0.4, -0.2) is 68.0 Å². The number of ether oxygens (including phenoxy) is 1. The average molecular weight is 310 g/mol. The number of carbonyl (C=O) groups excluding carboxylic acids is 1. The van der Waals surface area contributed by atoms with Gasteiger partial charge in [-0.05, 0) is 6.26 Å². The number of esters is 1. The molecule has 0 aromatic rings. The van der Waals surface area contributed by atoms with Gasteiger partial charge in [-0.15, -0.1) is 0 Å². The van der Waals surface area contributed by atoms with Gasteiger partial charge in [-0.2, -0.15) is 11.8 Å². The van der Waals surface area contributed by atoms with E-state index in [1.807, 2.05) is 0 Å². The Labute approximate surface area is 117 Å². The van der Waals surface area contributed by atoms with Gasteiger partial charge in [-0.1, -0.05) is 0 Å². The van der Waals surface area contributed by atoms with Gasteiger partial charge in [0.1, 0.15) is 0 Å². The van der Waals surface area contributed by atoms with Crippen LogP contribution in [0.2, 0.25) is 0 Å². The molecule has 0 aliphatic rings. The summed E-state index contributed by atoms with van der Waals surface area (Å²) in [6.07, 6.45) is -1.81. The first kappa shape index (κ1) is 18.2. The van der Waals surface area contributed by atoms with Crippen molar-refractivity contribution in [1.29, 1.82) is 0 Å². The second kappa shape index (κ2) is 7.70. The number of aliphatic hydroxyl groups is 1. The number of hydrogen-bond donors (Lipinski definition) is 4. The second-order valence-electron chi connectivity index (χ2n) is 3.75. The minimum absolute atomic E-state index is 0.143. The SMILES string of the molecule is CSCC(OC(=O)C(O)(CCC(=O)O)C(=O)O)C(=O)O. The number of thioether (sulfide) groups is 1. The van der Waals surface area contributed by atoms with Crippen LogP contribution in [0.25, 0.3) is 0 Å². The van der Waals surface area contributed by atoms with Crippen molar-refractivity contribution in [3.63, 3.8) is 0 Å². The summed E-state index contributed by atoms with van der Waals surface area (Å²) < 4.78 is 4.43. The highest BCUT2D eigenvalue weighted by atomic mass is 32.2. The van der Waals surface area contributed by atoms with E-state index in [0.29, 0.717) is 0 Å². The predicted molar refractivity (Wildman–Crippen MR) is 65.4 cm³/mol. The lowest BCUT2D eigenvalue weighted by molar-refractivity contribution is -0.187. The van der Waals surface area contributed by atoms with Crippen molar-refractivity contribution in [2.45, 2.75) is 24.5 Å². The maximum atomic E-state index is 11.6. The van der Waals surface area contributed by atoms with E-state index in [1.54, 1.807) is 0 Å². The number of aliphatic carboxylic acids is 3. The Balaban J connectivity index is 5.00. The van der Waals surface area contributed by atoms with Crippen LogP contribution < -0.4 is 0 Å². The summed E-state index contributed by atoms with van der Waals surface area (Å²) in [5, 5.41) is 35.7. The van der Waals surface area contributed by atoms with E-state index < -0.39 is 48.4 Å². The van der Waals surface area contributed by atoms with Gasteiger partial charge in [0.05, 0.1) is 0 Å². The first-order valence-corrected chi connectivity index (χ1v) is 6.65. The van der Waals surface area contributed by atoms with E-state index in [4.69, 9.17) is 15.3 Å². The van der Waals surface area contributed by atoms with Gasteiger partial charge in [0, 0.05) is 18.6 Å². The highest BCUT2D eigenvalue weighted by Gasteiger charge is 2.47. The lowest BCUT2D eigenvalue weighted by Gasteiger charge is -2.22. The highest BCUT2D eigenvalue weighted by Crippen LogP contribution is 2.18. The normalized spacial score (nSPS) is 14.9. The first-order chi connectivity index (χ1) is 9.15. The molecule has 2 unspecified atom stereocenters. The molecule has 0 bridgehead atoms. The van der Waals surface area contributed by atoms with Crippen LogP contribution in [0.3, 0.4) is 0 Å². The molecule has 20 heavy (non-hydrogen) atoms. The minimum Gasteiger partial charge on any atom is -0.481 e. The molecule has 0 rings (SSSR count). The molecule has 0 aromatic carbocycles. The maximum absolute atomic E-state index is 11.6. The molecule has 0 aliphatic carbocycles. The van der Waals surface area contributed by atoms with Crippen molar-refractivity contribution in [2.75, 3.05) is 12.0 Å². The minimum atomic E-state index is -3.09. The zero-order valence-electron chi connectivity index (χ0n) is 10.4. The Morgan fingerprint density at radius 3 is 2.10 bits per heavy atom. The Morgan fingerprint density at radius 2 is 1.75 bits per heavy atom. The molecule has 0 aliphatic heterocycles. The van der Waals surface area contributed by atoms with Crippen LogP contribution in [-0.2, 0) is 23.9 Å². The van der Waals surface area contributed by atoms with Gasteiger partial charge in [0.25, 0.3) is 5.60 Å². The fraction of sp³-hybridized carbons (Fsp3) is 0.600. The molecule has 0 radical (unpaired) electrons. The fourth-order valence-electron chi connectivity index (χ4n) is 1.12. The van der Waals surface area contributed by atoms with Crippen molar-refractivity contribution in [2.24, 2.45) is 0 Å². The summed E-state index contributed by atoms with van der Waals surface area (Å²) in [6, 6.07) is 0. The molecule has 0 amide bonds. The molecule has 0 saturated carbocycles. The zero-order valence-corrected chi connectivity index (χ0v) is 11.3. The monoisotopic (exact) mass is 310 g/mol. The van der Waals surface area contributed by atoms with E-state index in [0.717, 1.165) is 11.8 Å². The molecule has 10 heteroatoms. The number of rotatable bonds is 9. The topological polar surface area (TPSA) is 158 Å². The summed E-state index contributed by atoms with van der Waals surface area (Å²) in [6.45, 7) is 0. The summed E-state index contributed by atoms with van der Waals surface area (Å²) in [4.78, 5) is 43.6. The third-order valence-electron chi connectivity index (χ3n) is 2.23. The molecule has 4 N–H and O–H groups in total. The highest BCUT2D eigenvalue weighted by molar-refractivity contribution is 7.98. The van der Waals surface area contributed by atoms with Crippen LogP contribution in [0.5, 0.6) is 0 Å². The summed E-state index contributed by atoms with van der Waals surface area (Å²) >= 11 is 1.04. The first-order valence-electron chi connectivity index (χ1n) is 5.25. The molecule has 0 fully saturated rings. The largest absolute Gasteiger partial charge is 0.481 e.